The van der Waals surface area contributed by atoms with E-state index < -0.39 is 5.25 Å². The SMILES string of the molecule is Cc1ccc(NC(=O)C(S)Cc2ccccc2)c(Cl)c1. The maximum atomic E-state index is 12.1. The van der Waals surface area contributed by atoms with E-state index in [4.69, 9.17) is 11.6 Å². The Labute approximate surface area is 129 Å². The Morgan fingerprint density at radius 2 is 1.95 bits per heavy atom. The number of nitrogens with one attached hydrogen (secondary N) is 1. The van der Waals surface area contributed by atoms with E-state index in [1.807, 2.05) is 49.4 Å². The zero-order chi connectivity index (χ0) is 14.5. The quantitative estimate of drug-likeness (QED) is 0.817. The lowest BCUT2D eigenvalue weighted by molar-refractivity contribution is -0.115. The molecule has 4 heteroatoms. The molecule has 0 radical (unpaired) electrons. The zero-order valence-electron chi connectivity index (χ0n) is 11.1. The van der Waals surface area contributed by atoms with E-state index >= 15 is 0 Å². The number of anilines is 1. The Morgan fingerprint density at radius 1 is 1.25 bits per heavy atom. The summed E-state index contributed by atoms with van der Waals surface area (Å²) in [5, 5.41) is 2.94. The van der Waals surface area contributed by atoms with Crippen LogP contribution in [-0.4, -0.2) is 11.2 Å². The second kappa shape index (κ2) is 6.82. The van der Waals surface area contributed by atoms with Gasteiger partial charge in [-0.15, -0.1) is 0 Å². The van der Waals surface area contributed by atoms with E-state index in [1.165, 1.54) is 0 Å². The maximum Gasteiger partial charge on any atom is 0.237 e. The van der Waals surface area contributed by atoms with Gasteiger partial charge in [0.25, 0.3) is 0 Å². The summed E-state index contributed by atoms with van der Waals surface area (Å²) in [4.78, 5) is 12.1. The monoisotopic (exact) mass is 305 g/mol. The number of carbonyl (C=O) groups is 1. The van der Waals surface area contributed by atoms with Gasteiger partial charge in [0.2, 0.25) is 5.91 Å². The van der Waals surface area contributed by atoms with Crippen molar-refractivity contribution in [3.8, 4) is 0 Å². The first-order valence-electron chi connectivity index (χ1n) is 6.35. The second-order valence-corrected chi connectivity index (χ2v) is 5.71. The van der Waals surface area contributed by atoms with Crippen molar-refractivity contribution in [2.75, 3.05) is 5.32 Å². The van der Waals surface area contributed by atoms with Gasteiger partial charge in [-0.1, -0.05) is 48.0 Å². The highest BCUT2D eigenvalue weighted by Crippen LogP contribution is 2.23. The third kappa shape index (κ3) is 4.02. The molecule has 2 aromatic carbocycles. The molecular formula is C16H16ClNOS. The first-order chi connectivity index (χ1) is 9.56. The minimum absolute atomic E-state index is 0.150. The molecule has 0 aliphatic rings. The molecule has 2 nitrogen and oxygen atoms in total. The van der Waals surface area contributed by atoms with E-state index in [-0.39, 0.29) is 5.91 Å². The molecule has 0 saturated heterocycles. The molecule has 2 rings (SSSR count). The van der Waals surface area contributed by atoms with Crippen LogP contribution in [0.25, 0.3) is 0 Å². The molecule has 104 valence electrons. The summed E-state index contributed by atoms with van der Waals surface area (Å²) in [7, 11) is 0. The third-order valence-electron chi connectivity index (χ3n) is 2.96. The van der Waals surface area contributed by atoms with Crippen LogP contribution >= 0.6 is 24.2 Å². The molecule has 1 unspecified atom stereocenters. The van der Waals surface area contributed by atoms with Gasteiger partial charge >= 0.3 is 0 Å². The van der Waals surface area contributed by atoms with Gasteiger partial charge in [-0.2, -0.15) is 12.6 Å². The predicted octanol–water partition coefficient (Wildman–Crippen LogP) is 4.13. The Bertz CT molecular complexity index is 601. The molecule has 0 fully saturated rings. The molecule has 0 aliphatic heterocycles. The number of amides is 1. The Hall–Kier alpha value is -1.45. The molecule has 0 aromatic heterocycles. The number of aryl methyl sites for hydroxylation is 1. The van der Waals surface area contributed by atoms with Gasteiger partial charge in [0.1, 0.15) is 0 Å². The summed E-state index contributed by atoms with van der Waals surface area (Å²) in [5.74, 6) is -0.150. The smallest absolute Gasteiger partial charge is 0.237 e. The number of halogens is 1. The standard InChI is InChI=1S/C16H16ClNOS/c1-11-7-8-14(13(17)9-11)18-16(19)15(20)10-12-5-3-2-4-6-12/h2-9,15,20H,10H2,1H3,(H,18,19). The normalized spacial score (nSPS) is 11.9. The largest absolute Gasteiger partial charge is 0.324 e. The van der Waals surface area contributed by atoms with Crippen LogP contribution in [0, 0.1) is 6.92 Å². The van der Waals surface area contributed by atoms with Crippen LogP contribution in [0.4, 0.5) is 5.69 Å². The molecular weight excluding hydrogens is 290 g/mol. The molecule has 0 bridgehead atoms. The van der Waals surface area contributed by atoms with Gasteiger partial charge in [-0.05, 0) is 36.6 Å². The van der Waals surface area contributed by atoms with Gasteiger partial charge in [-0.25, -0.2) is 0 Å². The van der Waals surface area contributed by atoms with Crippen molar-refractivity contribution in [2.24, 2.45) is 0 Å². The average molecular weight is 306 g/mol. The van der Waals surface area contributed by atoms with Crippen LogP contribution < -0.4 is 5.32 Å². The summed E-state index contributed by atoms with van der Waals surface area (Å²) in [6.45, 7) is 1.95. The third-order valence-corrected chi connectivity index (χ3v) is 3.69. The minimum atomic E-state index is -0.408. The van der Waals surface area contributed by atoms with E-state index in [0.29, 0.717) is 17.1 Å². The number of rotatable bonds is 4. The van der Waals surface area contributed by atoms with Gasteiger partial charge in [0, 0.05) is 0 Å². The highest BCUT2D eigenvalue weighted by molar-refractivity contribution is 7.81. The van der Waals surface area contributed by atoms with Crippen molar-refractivity contribution < 1.29 is 4.79 Å². The van der Waals surface area contributed by atoms with Crippen LogP contribution in [0.2, 0.25) is 5.02 Å². The summed E-state index contributed by atoms with van der Waals surface area (Å²) < 4.78 is 0. The number of carbonyl (C=O) groups excluding carboxylic acids is 1. The van der Waals surface area contributed by atoms with Crippen molar-refractivity contribution in [3.63, 3.8) is 0 Å². The summed E-state index contributed by atoms with van der Waals surface area (Å²) >= 11 is 10.5. The van der Waals surface area contributed by atoms with E-state index in [9.17, 15) is 4.79 Å². The van der Waals surface area contributed by atoms with Crippen LogP contribution in [0.3, 0.4) is 0 Å². The van der Waals surface area contributed by atoms with Crippen molar-refractivity contribution in [2.45, 2.75) is 18.6 Å². The van der Waals surface area contributed by atoms with Gasteiger partial charge in [0.05, 0.1) is 16.0 Å². The second-order valence-electron chi connectivity index (χ2n) is 4.68. The van der Waals surface area contributed by atoms with Gasteiger partial charge in [0.15, 0.2) is 0 Å². The number of thiol groups is 1. The van der Waals surface area contributed by atoms with E-state index in [1.54, 1.807) is 6.07 Å². The van der Waals surface area contributed by atoms with Crippen LogP contribution in [0.15, 0.2) is 48.5 Å². The lowest BCUT2D eigenvalue weighted by Crippen LogP contribution is -2.25. The van der Waals surface area contributed by atoms with Crippen molar-refractivity contribution in [1.82, 2.24) is 0 Å². The number of hydrogen-bond donors (Lipinski definition) is 2. The fourth-order valence-electron chi connectivity index (χ4n) is 1.87. The lowest BCUT2D eigenvalue weighted by atomic mass is 10.1. The Kier molecular flexibility index (Phi) is 5.10. The first kappa shape index (κ1) is 14.9. The van der Waals surface area contributed by atoms with Crippen LogP contribution in [-0.2, 0) is 11.2 Å². The molecule has 0 aliphatic carbocycles. The predicted molar refractivity (Wildman–Crippen MR) is 87.7 cm³/mol. The van der Waals surface area contributed by atoms with E-state index in [0.717, 1.165) is 11.1 Å². The molecule has 0 saturated carbocycles. The minimum Gasteiger partial charge on any atom is -0.324 e. The molecule has 1 N–H and O–H groups in total. The summed E-state index contributed by atoms with van der Waals surface area (Å²) in [5.41, 5.74) is 2.76. The molecule has 20 heavy (non-hydrogen) atoms. The van der Waals surface area contributed by atoms with Gasteiger partial charge in [-0.3, -0.25) is 4.79 Å². The van der Waals surface area contributed by atoms with Crippen LogP contribution in [0.5, 0.6) is 0 Å². The average Bonchev–Trinajstić information content (AvgIpc) is 2.43. The molecule has 1 amide bonds. The van der Waals surface area contributed by atoms with Gasteiger partial charge < -0.3 is 5.32 Å². The number of benzene rings is 2. The topological polar surface area (TPSA) is 29.1 Å². The molecule has 1 atom stereocenters. The van der Waals surface area contributed by atoms with E-state index in [2.05, 4.69) is 17.9 Å². The molecule has 0 heterocycles. The number of hydrogen-bond acceptors (Lipinski definition) is 2. The molecule has 2 aromatic rings. The lowest BCUT2D eigenvalue weighted by Gasteiger charge is -2.13. The maximum absolute atomic E-state index is 12.1. The highest BCUT2D eigenvalue weighted by Gasteiger charge is 2.15. The molecule has 0 spiro atoms. The summed E-state index contributed by atoms with van der Waals surface area (Å²) in [6.07, 6.45) is 0.583. The zero-order valence-corrected chi connectivity index (χ0v) is 12.8. The van der Waals surface area contributed by atoms with Crippen molar-refractivity contribution >= 4 is 35.8 Å². The fraction of sp³-hybridized carbons (Fsp3) is 0.188. The van der Waals surface area contributed by atoms with Crippen LogP contribution in [0.1, 0.15) is 11.1 Å². The Morgan fingerprint density at radius 3 is 2.60 bits per heavy atom. The Balaban J connectivity index is 2.01. The van der Waals surface area contributed by atoms with Crippen molar-refractivity contribution in [1.29, 1.82) is 0 Å². The summed E-state index contributed by atoms with van der Waals surface area (Å²) in [6, 6.07) is 15.3. The van der Waals surface area contributed by atoms with Crippen molar-refractivity contribution in [3.05, 3.63) is 64.7 Å². The first-order valence-corrected chi connectivity index (χ1v) is 7.24. The fourth-order valence-corrected chi connectivity index (χ4v) is 2.43. The highest BCUT2D eigenvalue weighted by atomic mass is 35.5.